The zero-order valence-electron chi connectivity index (χ0n) is 8.34. The topological polar surface area (TPSA) is 76.9 Å². The summed E-state index contributed by atoms with van der Waals surface area (Å²) in [5.74, 6) is 0. The molecule has 90 valence electrons. The molecule has 0 radical (unpaired) electrons. The molecule has 0 saturated heterocycles. The molecule has 0 spiro atoms. The van der Waals surface area contributed by atoms with Crippen LogP contribution in [0.1, 0.15) is 5.56 Å². The van der Waals surface area contributed by atoms with E-state index >= 15 is 0 Å². The van der Waals surface area contributed by atoms with E-state index in [0.717, 1.165) is 0 Å². The molecule has 5 nitrogen and oxygen atoms in total. The Labute approximate surface area is 93.4 Å². The summed E-state index contributed by atoms with van der Waals surface area (Å²) in [6.07, 6.45) is 0. The number of hydrogen-bond donors (Lipinski definition) is 0. The van der Waals surface area contributed by atoms with Crippen molar-refractivity contribution in [1.82, 2.24) is 0 Å². The van der Waals surface area contributed by atoms with Gasteiger partial charge in [-0.25, -0.2) is 0 Å². The third-order valence-electron chi connectivity index (χ3n) is 1.40. The third kappa shape index (κ3) is 8.71. The molecular weight excluding hydrogens is 241 g/mol. The van der Waals surface area contributed by atoms with E-state index in [9.17, 15) is 17.3 Å². The van der Waals surface area contributed by atoms with Crippen LogP contribution in [0.15, 0.2) is 29.4 Å². The average Bonchev–Trinajstić information content (AvgIpc) is 2.24. The zero-order chi connectivity index (χ0) is 13.3. The summed E-state index contributed by atoms with van der Waals surface area (Å²) in [7, 11) is -6.00. The SMILES string of the molecule is F[B-](F)(F)F.N#[N+]c1ccccc1CN=[N+]=[N-]. The standard InChI is InChI=1S/C7H6N5.BF4/c8-11-7-4-2-1-3-6(7)5-10-12-9;2-1(3,4)5/h1-4H,5H2;/q+1;-1. The first-order chi connectivity index (χ1) is 7.88. The molecule has 0 heterocycles. The molecule has 0 aliphatic carbocycles. The molecule has 0 bridgehead atoms. The van der Waals surface area contributed by atoms with Crippen LogP contribution in [-0.4, -0.2) is 7.25 Å². The number of diazo groups is 1. The van der Waals surface area contributed by atoms with Gasteiger partial charge in [-0.15, -0.1) is 0 Å². The van der Waals surface area contributed by atoms with Crippen LogP contribution in [0, 0.1) is 5.39 Å². The van der Waals surface area contributed by atoms with Crippen molar-refractivity contribution in [2.24, 2.45) is 5.11 Å². The lowest BCUT2D eigenvalue weighted by molar-refractivity contribution is 0.368. The second-order valence-corrected chi connectivity index (χ2v) is 2.61. The van der Waals surface area contributed by atoms with E-state index in [4.69, 9.17) is 10.9 Å². The fourth-order valence-corrected chi connectivity index (χ4v) is 0.850. The molecule has 1 aromatic rings. The highest BCUT2D eigenvalue weighted by atomic mass is 19.5. The first-order valence-electron chi connectivity index (χ1n) is 4.19. The molecule has 0 N–H and O–H groups in total. The van der Waals surface area contributed by atoms with Gasteiger partial charge in [0.2, 0.25) is 5.39 Å². The minimum absolute atomic E-state index is 0.205. The molecule has 0 aliphatic rings. The van der Waals surface area contributed by atoms with Crippen LogP contribution in [0.5, 0.6) is 0 Å². The predicted molar refractivity (Wildman–Crippen MR) is 54.2 cm³/mol. The Hall–Kier alpha value is -2.27. The largest absolute Gasteiger partial charge is 0.673 e. The van der Waals surface area contributed by atoms with Crippen LogP contribution in [0.2, 0.25) is 0 Å². The molecule has 0 unspecified atom stereocenters. The smallest absolute Gasteiger partial charge is 0.418 e. The molecule has 1 rings (SSSR count). The minimum Gasteiger partial charge on any atom is -0.418 e. The number of benzene rings is 1. The number of rotatable bonds is 2. The quantitative estimate of drug-likeness (QED) is 0.192. The number of halogens is 4. The van der Waals surface area contributed by atoms with E-state index in [1.54, 1.807) is 24.3 Å². The normalized spacial score (nSPS) is 9.35. The second-order valence-electron chi connectivity index (χ2n) is 2.61. The number of hydrogen-bond acceptors (Lipinski definition) is 2. The van der Waals surface area contributed by atoms with Gasteiger partial charge in [0.25, 0.3) is 0 Å². The molecule has 1 aromatic carbocycles. The minimum atomic E-state index is -6.00. The maximum Gasteiger partial charge on any atom is 0.673 e. The molecule has 0 saturated carbocycles. The van der Waals surface area contributed by atoms with E-state index in [-0.39, 0.29) is 6.54 Å². The summed E-state index contributed by atoms with van der Waals surface area (Å²) in [4.78, 5) is 5.65. The maximum atomic E-state index is 9.75. The molecule has 0 aromatic heterocycles. The van der Waals surface area contributed by atoms with Crippen LogP contribution < -0.4 is 0 Å². The van der Waals surface area contributed by atoms with Gasteiger partial charge < -0.3 is 17.3 Å². The fourth-order valence-electron chi connectivity index (χ4n) is 0.850. The van der Waals surface area contributed by atoms with E-state index in [2.05, 4.69) is 15.0 Å². The number of nitrogens with zero attached hydrogens (tertiary/aromatic N) is 5. The Bertz CT molecular complexity index is 442. The zero-order valence-corrected chi connectivity index (χ0v) is 8.34. The van der Waals surface area contributed by atoms with Gasteiger partial charge in [-0.3, -0.25) is 0 Å². The molecule has 0 atom stereocenters. The van der Waals surface area contributed by atoms with Crippen molar-refractivity contribution in [1.29, 1.82) is 5.39 Å². The molecular formula is C7H6BF4N5. The Morgan fingerprint density at radius 1 is 1.24 bits per heavy atom. The van der Waals surface area contributed by atoms with E-state index in [1.807, 2.05) is 0 Å². The Morgan fingerprint density at radius 2 is 1.76 bits per heavy atom. The monoisotopic (exact) mass is 247 g/mol. The number of azide groups is 1. The Morgan fingerprint density at radius 3 is 2.24 bits per heavy atom. The lowest BCUT2D eigenvalue weighted by atomic mass is 10.2. The first-order valence-corrected chi connectivity index (χ1v) is 4.19. The third-order valence-corrected chi connectivity index (χ3v) is 1.40. The van der Waals surface area contributed by atoms with Crippen molar-refractivity contribution >= 4 is 12.9 Å². The summed E-state index contributed by atoms with van der Waals surface area (Å²) in [5.41, 5.74) is 9.20. The highest BCUT2D eigenvalue weighted by Crippen LogP contribution is 2.18. The van der Waals surface area contributed by atoms with Gasteiger partial charge >= 0.3 is 12.9 Å². The fraction of sp³-hybridized carbons (Fsp3) is 0.143. The molecule has 17 heavy (non-hydrogen) atoms. The van der Waals surface area contributed by atoms with Crippen LogP contribution >= 0.6 is 0 Å². The van der Waals surface area contributed by atoms with E-state index in [1.165, 1.54) is 0 Å². The summed E-state index contributed by atoms with van der Waals surface area (Å²) in [5, 5.41) is 11.9. The molecule has 10 heteroatoms. The van der Waals surface area contributed by atoms with Crippen molar-refractivity contribution in [3.8, 4) is 0 Å². The first kappa shape index (κ1) is 14.7. The van der Waals surface area contributed by atoms with Gasteiger partial charge in [0.05, 0.1) is 12.1 Å². The summed E-state index contributed by atoms with van der Waals surface area (Å²) in [6.45, 7) is 0.205. The van der Waals surface area contributed by atoms with Crippen LogP contribution in [0.4, 0.5) is 23.0 Å². The summed E-state index contributed by atoms with van der Waals surface area (Å²) in [6, 6.07) is 6.91. The van der Waals surface area contributed by atoms with Gasteiger partial charge in [-0.2, -0.15) is 0 Å². The van der Waals surface area contributed by atoms with Gasteiger partial charge in [0.15, 0.2) is 4.98 Å². The van der Waals surface area contributed by atoms with E-state index < -0.39 is 7.25 Å². The van der Waals surface area contributed by atoms with Crippen molar-refractivity contribution < 1.29 is 17.3 Å². The second kappa shape index (κ2) is 7.08. The van der Waals surface area contributed by atoms with Gasteiger partial charge in [-0.05, 0) is 5.53 Å². The van der Waals surface area contributed by atoms with Crippen LogP contribution in [0.25, 0.3) is 15.4 Å². The Kier molecular flexibility index (Phi) is 6.14. The van der Waals surface area contributed by atoms with Crippen molar-refractivity contribution in [2.45, 2.75) is 6.54 Å². The van der Waals surface area contributed by atoms with E-state index in [0.29, 0.717) is 11.3 Å². The van der Waals surface area contributed by atoms with Crippen LogP contribution in [-0.2, 0) is 6.54 Å². The predicted octanol–water partition coefficient (Wildman–Crippen LogP) is 4.28. The van der Waals surface area contributed by atoms with Crippen molar-refractivity contribution in [2.75, 3.05) is 0 Å². The van der Waals surface area contributed by atoms with Crippen LogP contribution in [0.3, 0.4) is 0 Å². The lowest BCUT2D eigenvalue weighted by Crippen LogP contribution is -2.02. The maximum absolute atomic E-state index is 9.75. The van der Waals surface area contributed by atoms with Crippen molar-refractivity contribution in [3.63, 3.8) is 0 Å². The molecule has 0 amide bonds. The summed E-state index contributed by atoms with van der Waals surface area (Å²) < 4.78 is 39.0. The van der Waals surface area contributed by atoms with Gasteiger partial charge in [-0.1, -0.05) is 23.3 Å². The lowest BCUT2D eigenvalue weighted by Gasteiger charge is -1.94. The molecule has 0 fully saturated rings. The highest BCUT2D eigenvalue weighted by molar-refractivity contribution is 6.50. The van der Waals surface area contributed by atoms with Gasteiger partial charge in [0.1, 0.15) is 0 Å². The summed E-state index contributed by atoms with van der Waals surface area (Å²) >= 11 is 0. The Balaban J connectivity index is 0.000000437. The average molecular weight is 247 g/mol. The van der Waals surface area contributed by atoms with Crippen molar-refractivity contribution in [3.05, 3.63) is 45.2 Å². The highest BCUT2D eigenvalue weighted by Gasteiger charge is 2.20. The van der Waals surface area contributed by atoms with Gasteiger partial charge in [0, 0.05) is 11.0 Å². The molecule has 0 aliphatic heterocycles.